The Morgan fingerprint density at radius 3 is 2.40 bits per heavy atom. The highest BCUT2D eigenvalue weighted by atomic mass is 15.3. The van der Waals surface area contributed by atoms with E-state index in [0.29, 0.717) is 11.6 Å². The van der Waals surface area contributed by atoms with Crippen molar-refractivity contribution in [1.82, 2.24) is 19.7 Å². The minimum absolute atomic E-state index is 0.0744. The maximum absolute atomic E-state index is 5.53. The third kappa shape index (κ3) is 2.51. The summed E-state index contributed by atoms with van der Waals surface area (Å²) in [5.74, 6) is 6.84. The first-order valence-electron chi connectivity index (χ1n) is 6.60. The zero-order chi connectivity index (χ0) is 15.1. The van der Waals surface area contributed by atoms with Crippen LogP contribution in [0, 0.1) is 13.8 Å². The van der Waals surface area contributed by atoms with E-state index in [4.69, 9.17) is 5.84 Å². The molecular weight excluding hydrogens is 252 g/mol. The van der Waals surface area contributed by atoms with Crippen LogP contribution in [0.15, 0.2) is 6.20 Å². The van der Waals surface area contributed by atoms with Crippen molar-refractivity contribution in [1.29, 1.82) is 0 Å². The van der Waals surface area contributed by atoms with E-state index >= 15 is 0 Å². The first-order valence-corrected chi connectivity index (χ1v) is 6.60. The molecule has 0 aromatic carbocycles. The molecule has 0 atom stereocenters. The maximum atomic E-state index is 5.53. The summed E-state index contributed by atoms with van der Waals surface area (Å²) in [6, 6.07) is 0. The molecule has 3 N–H and O–H groups in total. The number of aromatic nitrogens is 4. The Morgan fingerprint density at radius 2 is 1.85 bits per heavy atom. The van der Waals surface area contributed by atoms with Crippen LogP contribution >= 0.6 is 0 Å². The second kappa shape index (κ2) is 4.86. The van der Waals surface area contributed by atoms with E-state index in [0.717, 1.165) is 22.5 Å². The topological polar surface area (TPSA) is 81.7 Å². The smallest absolute Gasteiger partial charge is 0.165 e. The van der Waals surface area contributed by atoms with Gasteiger partial charge in [-0.15, -0.1) is 0 Å². The average molecular weight is 274 g/mol. The van der Waals surface area contributed by atoms with Gasteiger partial charge >= 0.3 is 0 Å². The van der Waals surface area contributed by atoms with E-state index in [2.05, 4.69) is 41.3 Å². The number of anilines is 1. The van der Waals surface area contributed by atoms with Gasteiger partial charge in [0.1, 0.15) is 5.82 Å². The van der Waals surface area contributed by atoms with Gasteiger partial charge in [-0.1, -0.05) is 20.8 Å². The van der Waals surface area contributed by atoms with Crippen LogP contribution in [-0.4, -0.2) is 19.7 Å². The zero-order valence-corrected chi connectivity index (χ0v) is 12.9. The molecule has 0 spiro atoms. The normalized spacial score (nSPS) is 11.8. The Balaban J connectivity index is 2.66. The predicted molar refractivity (Wildman–Crippen MR) is 80.2 cm³/mol. The van der Waals surface area contributed by atoms with Gasteiger partial charge in [0, 0.05) is 29.9 Å². The molecule has 2 aromatic rings. The molecule has 0 aliphatic rings. The summed E-state index contributed by atoms with van der Waals surface area (Å²) in [4.78, 5) is 9.09. The number of nitrogens with two attached hydrogens (primary N) is 1. The van der Waals surface area contributed by atoms with E-state index < -0.39 is 0 Å². The number of nitrogens with zero attached hydrogens (tertiary/aromatic N) is 4. The fraction of sp³-hybridized carbons (Fsp3) is 0.500. The molecule has 6 heteroatoms. The van der Waals surface area contributed by atoms with Crippen molar-refractivity contribution in [2.24, 2.45) is 12.9 Å². The maximum Gasteiger partial charge on any atom is 0.165 e. The molecule has 0 radical (unpaired) electrons. The van der Waals surface area contributed by atoms with E-state index in [9.17, 15) is 0 Å². The Bertz CT molecular complexity index is 636. The largest absolute Gasteiger partial charge is 0.308 e. The predicted octanol–water partition coefficient (Wildman–Crippen LogP) is 2.08. The Morgan fingerprint density at radius 1 is 1.20 bits per heavy atom. The van der Waals surface area contributed by atoms with Gasteiger partial charge in [-0.05, 0) is 13.8 Å². The molecule has 6 nitrogen and oxygen atoms in total. The molecule has 0 saturated heterocycles. The fourth-order valence-corrected chi connectivity index (χ4v) is 2.10. The first kappa shape index (κ1) is 14.5. The van der Waals surface area contributed by atoms with Crippen molar-refractivity contribution >= 4 is 5.82 Å². The lowest BCUT2D eigenvalue weighted by Crippen LogP contribution is -2.15. The Kier molecular flexibility index (Phi) is 3.52. The minimum atomic E-state index is -0.0744. The van der Waals surface area contributed by atoms with Crippen LogP contribution in [0.2, 0.25) is 0 Å². The summed E-state index contributed by atoms with van der Waals surface area (Å²) in [5, 5.41) is 4.55. The van der Waals surface area contributed by atoms with Crippen LogP contribution in [0.4, 0.5) is 5.82 Å². The summed E-state index contributed by atoms with van der Waals surface area (Å²) in [6.45, 7) is 10.3. The number of hydrazine groups is 1. The average Bonchev–Trinajstić information content (AvgIpc) is 2.74. The summed E-state index contributed by atoms with van der Waals surface area (Å²) in [7, 11) is 1.90. The monoisotopic (exact) mass is 274 g/mol. The van der Waals surface area contributed by atoms with E-state index in [-0.39, 0.29) is 5.41 Å². The molecule has 0 amide bonds. The summed E-state index contributed by atoms with van der Waals surface area (Å²) < 4.78 is 1.80. The van der Waals surface area contributed by atoms with Crippen LogP contribution in [0.1, 0.15) is 37.7 Å². The van der Waals surface area contributed by atoms with E-state index in [1.54, 1.807) is 4.68 Å². The minimum Gasteiger partial charge on any atom is -0.308 e. The van der Waals surface area contributed by atoms with Gasteiger partial charge in [-0.3, -0.25) is 4.68 Å². The van der Waals surface area contributed by atoms with E-state index in [1.807, 2.05) is 27.1 Å². The molecule has 0 fully saturated rings. The van der Waals surface area contributed by atoms with Crippen molar-refractivity contribution in [2.45, 2.75) is 40.0 Å². The van der Waals surface area contributed by atoms with Gasteiger partial charge in [0.2, 0.25) is 0 Å². The van der Waals surface area contributed by atoms with Gasteiger partial charge in [-0.25, -0.2) is 15.8 Å². The lowest BCUT2D eigenvalue weighted by molar-refractivity contribution is 0.554. The standard InChI is InChI=1S/C14H22N6/c1-8-9(2)16-13(17-12(8)18-15)10-7-20(6)19-11(10)14(3,4)5/h7H,15H2,1-6H3,(H,16,17,18). The number of hydrogen-bond donors (Lipinski definition) is 2. The van der Waals surface area contributed by atoms with Gasteiger partial charge in [0.15, 0.2) is 5.82 Å². The van der Waals surface area contributed by atoms with Crippen molar-refractivity contribution in [3.05, 3.63) is 23.1 Å². The number of rotatable bonds is 2. The van der Waals surface area contributed by atoms with Crippen LogP contribution in [-0.2, 0) is 12.5 Å². The van der Waals surface area contributed by atoms with E-state index in [1.165, 1.54) is 0 Å². The zero-order valence-electron chi connectivity index (χ0n) is 12.9. The van der Waals surface area contributed by atoms with Crippen molar-refractivity contribution < 1.29 is 0 Å². The highest BCUT2D eigenvalue weighted by molar-refractivity contribution is 5.62. The van der Waals surface area contributed by atoms with Gasteiger partial charge in [-0.2, -0.15) is 5.10 Å². The van der Waals surface area contributed by atoms with Crippen molar-refractivity contribution in [3.63, 3.8) is 0 Å². The number of hydrogen-bond acceptors (Lipinski definition) is 5. The van der Waals surface area contributed by atoms with Crippen molar-refractivity contribution in [3.8, 4) is 11.4 Å². The number of aryl methyl sites for hydroxylation is 2. The molecule has 2 rings (SSSR count). The van der Waals surface area contributed by atoms with Crippen LogP contribution in [0.25, 0.3) is 11.4 Å². The fourth-order valence-electron chi connectivity index (χ4n) is 2.10. The SMILES string of the molecule is Cc1nc(-c2cn(C)nc2C(C)(C)C)nc(NN)c1C. The third-order valence-corrected chi connectivity index (χ3v) is 3.31. The molecule has 0 aliphatic heterocycles. The molecule has 2 aromatic heterocycles. The molecule has 108 valence electrons. The molecule has 0 unspecified atom stereocenters. The summed E-state index contributed by atoms with van der Waals surface area (Å²) in [6.07, 6.45) is 1.95. The van der Waals surface area contributed by atoms with Gasteiger partial charge in [0.25, 0.3) is 0 Å². The quantitative estimate of drug-likeness (QED) is 0.647. The molecule has 0 bridgehead atoms. The lowest BCUT2D eigenvalue weighted by atomic mass is 9.89. The highest BCUT2D eigenvalue weighted by Crippen LogP contribution is 2.31. The summed E-state index contributed by atoms with van der Waals surface area (Å²) >= 11 is 0. The molecule has 2 heterocycles. The van der Waals surface area contributed by atoms with Crippen molar-refractivity contribution in [2.75, 3.05) is 5.43 Å². The Labute approximate surface area is 119 Å². The second-order valence-electron chi connectivity index (χ2n) is 6.07. The van der Waals surface area contributed by atoms with Gasteiger partial charge < -0.3 is 5.43 Å². The molecular formula is C14H22N6. The highest BCUT2D eigenvalue weighted by Gasteiger charge is 2.24. The number of nitrogens with one attached hydrogen (secondary N) is 1. The van der Waals surface area contributed by atoms with Crippen LogP contribution in [0.5, 0.6) is 0 Å². The van der Waals surface area contributed by atoms with Crippen LogP contribution < -0.4 is 11.3 Å². The molecule has 20 heavy (non-hydrogen) atoms. The number of nitrogen functional groups attached to an aromatic ring is 1. The second-order valence-corrected chi connectivity index (χ2v) is 6.07. The van der Waals surface area contributed by atoms with Crippen LogP contribution in [0.3, 0.4) is 0 Å². The van der Waals surface area contributed by atoms with Gasteiger partial charge in [0.05, 0.1) is 11.3 Å². The Hall–Kier alpha value is -1.95. The summed E-state index contributed by atoms with van der Waals surface area (Å²) in [5.41, 5.74) is 6.35. The molecule has 0 saturated carbocycles. The molecule has 0 aliphatic carbocycles. The lowest BCUT2D eigenvalue weighted by Gasteiger charge is -2.17. The third-order valence-electron chi connectivity index (χ3n) is 3.31. The first-order chi connectivity index (χ1) is 9.24.